The maximum atomic E-state index is 5.86. The second-order valence-corrected chi connectivity index (χ2v) is 7.50. The van der Waals surface area contributed by atoms with Crippen LogP contribution in [0.15, 0.2) is 11.7 Å². The Bertz CT molecular complexity index is 624. The Hall–Kier alpha value is -1.31. The second kappa shape index (κ2) is 7.51. The van der Waals surface area contributed by atoms with Crippen molar-refractivity contribution in [3.05, 3.63) is 28.2 Å². The third-order valence-electron chi connectivity index (χ3n) is 4.11. The first-order chi connectivity index (χ1) is 11.1. The fraction of sp³-hybridized carbons (Fsp3) is 0.688. The minimum Gasteiger partial charge on any atom is -0.368 e. The van der Waals surface area contributed by atoms with Crippen LogP contribution < -0.4 is 0 Å². The SMILES string of the molecule is CC(C)CCc1nc(CN2CCO[C@H](c3nncn3C)C2)cs1. The molecule has 0 N–H and O–H groups in total. The lowest BCUT2D eigenvalue weighted by atomic mass is 10.1. The summed E-state index contributed by atoms with van der Waals surface area (Å²) in [6.45, 7) is 7.90. The Morgan fingerprint density at radius 2 is 2.30 bits per heavy atom. The Balaban J connectivity index is 1.56. The van der Waals surface area contributed by atoms with Gasteiger partial charge in [0.15, 0.2) is 5.82 Å². The summed E-state index contributed by atoms with van der Waals surface area (Å²) in [5, 5.41) is 11.6. The summed E-state index contributed by atoms with van der Waals surface area (Å²) in [5.74, 6) is 1.62. The molecule has 0 aromatic carbocycles. The minimum atomic E-state index is -0.00435. The average molecular weight is 335 g/mol. The average Bonchev–Trinajstić information content (AvgIpc) is 3.14. The second-order valence-electron chi connectivity index (χ2n) is 6.56. The summed E-state index contributed by atoms with van der Waals surface area (Å²) in [6.07, 6.45) is 4.01. The van der Waals surface area contributed by atoms with Crippen LogP contribution in [0, 0.1) is 5.92 Å². The number of hydrogen-bond acceptors (Lipinski definition) is 6. The monoisotopic (exact) mass is 335 g/mol. The fourth-order valence-corrected chi connectivity index (χ4v) is 3.57. The smallest absolute Gasteiger partial charge is 0.163 e. The Morgan fingerprint density at radius 1 is 1.43 bits per heavy atom. The molecule has 1 saturated heterocycles. The first kappa shape index (κ1) is 16.5. The number of aryl methyl sites for hydroxylation is 2. The van der Waals surface area contributed by atoms with Gasteiger partial charge in [-0.2, -0.15) is 0 Å². The number of ether oxygens (including phenoxy) is 1. The molecule has 126 valence electrons. The van der Waals surface area contributed by atoms with Gasteiger partial charge in [-0.15, -0.1) is 21.5 Å². The largest absolute Gasteiger partial charge is 0.368 e. The Labute approximate surface area is 141 Å². The van der Waals surface area contributed by atoms with Crippen molar-refractivity contribution >= 4 is 11.3 Å². The van der Waals surface area contributed by atoms with Gasteiger partial charge in [-0.25, -0.2) is 4.98 Å². The zero-order chi connectivity index (χ0) is 16.2. The van der Waals surface area contributed by atoms with Crippen LogP contribution in [0.1, 0.15) is 42.9 Å². The lowest BCUT2D eigenvalue weighted by Gasteiger charge is -2.31. The van der Waals surface area contributed by atoms with Gasteiger partial charge in [0.25, 0.3) is 0 Å². The van der Waals surface area contributed by atoms with E-state index in [0.717, 1.165) is 44.4 Å². The number of nitrogens with zero attached hydrogens (tertiary/aromatic N) is 5. The first-order valence-corrected chi connectivity index (χ1v) is 9.11. The van der Waals surface area contributed by atoms with Crippen molar-refractivity contribution in [2.75, 3.05) is 19.7 Å². The van der Waals surface area contributed by atoms with Gasteiger partial charge in [0.05, 0.1) is 17.3 Å². The van der Waals surface area contributed by atoms with E-state index in [0.29, 0.717) is 0 Å². The molecule has 0 bridgehead atoms. The summed E-state index contributed by atoms with van der Waals surface area (Å²) in [7, 11) is 1.96. The molecule has 7 heteroatoms. The molecule has 1 fully saturated rings. The van der Waals surface area contributed by atoms with Crippen molar-refractivity contribution in [3.63, 3.8) is 0 Å². The molecule has 1 atom stereocenters. The molecule has 2 aromatic heterocycles. The van der Waals surface area contributed by atoms with E-state index in [1.54, 1.807) is 17.7 Å². The zero-order valence-corrected chi connectivity index (χ0v) is 14.9. The molecule has 0 saturated carbocycles. The van der Waals surface area contributed by atoms with E-state index in [1.165, 1.54) is 17.1 Å². The summed E-state index contributed by atoms with van der Waals surface area (Å²) in [4.78, 5) is 7.18. The predicted molar refractivity (Wildman–Crippen MR) is 90.2 cm³/mol. The minimum absolute atomic E-state index is 0.00435. The van der Waals surface area contributed by atoms with Crippen LogP contribution in [0.3, 0.4) is 0 Å². The first-order valence-electron chi connectivity index (χ1n) is 8.23. The van der Waals surface area contributed by atoms with Gasteiger partial charge in [-0.3, -0.25) is 4.90 Å². The van der Waals surface area contributed by atoms with Crippen LogP contribution in [0.25, 0.3) is 0 Å². The van der Waals surface area contributed by atoms with Crippen molar-refractivity contribution in [3.8, 4) is 0 Å². The standard InChI is InChI=1S/C16H25N5OS/c1-12(2)4-5-15-18-13(10-23-15)8-21-6-7-22-14(9-21)16-19-17-11-20(16)3/h10-12,14H,4-9H2,1-3H3/t14-/m0/s1. The van der Waals surface area contributed by atoms with E-state index < -0.39 is 0 Å². The number of aromatic nitrogens is 4. The molecule has 0 spiro atoms. The van der Waals surface area contributed by atoms with Crippen molar-refractivity contribution in [1.82, 2.24) is 24.6 Å². The Morgan fingerprint density at radius 3 is 3.04 bits per heavy atom. The molecule has 6 nitrogen and oxygen atoms in total. The number of rotatable bonds is 6. The van der Waals surface area contributed by atoms with Crippen LogP contribution in [-0.2, 0) is 24.8 Å². The highest BCUT2D eigenvalue weighted by molar-refractivity contribution is 7.09. The van der Waals surface area contributed by atoms with E-state index >= 15 is 0 Å². The van der Waals surface area contributed by atoms with Gasteiger partial charge >= 0.3 is 0 Å². The van der Waals surface area contributed by atoms with Crippen LogP contribution in [0.2, 0.25) is 0 Å². The molecule has 3 heterocycles. The van der Waals surface area contributed by atoms with E-state index in [9.17, 15) is 0 Å². The van der Waals surface area contributed by atoms with Crippen LogP contribution in [-0.4, -0.2) is 44.3 Å². The summed E-state index contributed by atoms with van der Waals surface area (Å²) in [6, 6.07) is 0. The van der Waals surface area contributed by atoms with E-state index in [4.69, 9.17) is 9.72 Å². The molecule has 1 aliphatic heterocycles. The molecule has 3 rings (SSSR count). The molecule has 0 amide bonds. The highest BCUT2D eigenvalue weighted by Crippen LogP contribution is 2.22. The van der Waals surface area contributed by atoms with E-state index in [-0.39, 0.29) is 6.10 Å². The molecule has 23 heavy (non-hydrogen) atoms. The van der Waals surface area contributed by atoms with Crippen molar-refractivity contribution in [2.45, 2.75) is 39.3 Å². The van der Waals surface area contributed by atoms with Crippen LogP contribution >= 0.6 is 11.3 Å². The van der Waals surface area contributed by atoms with E-state index in [2.05, 4.69) is 34.3 Å². The number of thiazole rings is 1. The number of hydrogen-bond donors (Lipinski definition) is 0. The summed E-state index contributed by atoms with van der Waals surface area (Å²) in [5.41, 5.74) is 1.17. The molecule has 1 aliphatic rings. The van der Waals surface area contributed by atoms with Gasteiger partial charge in [-0.05, 0) is 18.8 Å². The van der Waals surface area contributed by atoms with Crippen LogP contribution in [0.4, 0.5) is 0 Å². The lowest BCUT2D eigenvalue weighted by Crippen LogP contribution is -2.38. The topological polar surface area (TPSA) is 56.1 Å². The third kappa shape index (κ3) is 4.37. The highest BCUT2D eigenvalue weighted by Gasteiger charge is 2.25. The van der Waals surface area contributed by atoms with Gasteiger partial charge in [0.1, 0.15) is 12.4 Å². The number of morpholine rings is 1. The maximum absolute atomic E-state index is 5.86. The molecule has 0 radical (unpaired) electrons. The van der Waals surface area contributed by atoms with Crippen molar-refractivity contribution < 1.29 is 4.74 Å². The lowest BCUT2D eigenvalue weighted by molar-refractivity contribution is -0.0388. The molecule has 0 unspecified atom stereocenters. The fourth-order valence-electron chi connectivity index (χ4n) is 2.76. The van der Waals surface area contributed by atoms with Crippen LogP contribution in [0.5, 0.6) is 0 Å². The van der Waals surface area contributed by atoms with Gasteiger partial charge in [0.2, 0.25) is 0 Å². The predicted octanol–water partition coefficient (Wildman–Crippen LogP) is 2.43. The molecule has 2 aromatic rings. The summed E-state index contributed by atoms with van der Waals surface area (Å²) < 4.78 is 7.79. The maximum Gasteiger partial charge on any atom is 0.163 e. The molecular weight excluding hydrogens is 310 g/mol. The van der Waals surface area contributed by atoms with Gasteiger partial charge < -0.3 is 9.30 Å². The third-order valence-corrected chi connectivity index (χ3v) is 5.06. The highest BCUT2D eigenvalue weighted by atomic mass is 32.1. The normalized spacial score (nSPS) is 19.6. The Kier molecular flexibility index (Phi) is 5.40. The molecule has 0 aliphatic carbocycles. The van der Waals surface area contributed by atoms with Gasteiger partial charge in [-0.1, -0.05) is 13.8 Å². The summed E-state index contributed by atoms with van der Waals surface area (Å²) >= 11 is 1.79. The quantitative estimate of drug-likeness (QED) is 0.811. The van der Waals surface area contributed by atoms with Crippen molar-refractivity contribution in [2.24, 2.45) is 13.0 Å². The molecular formula is C16H25N5OS. The van der Waals surface area contributed by atoms with Gasteiger partial charge in [0, 0.05) is 32.1 Å². The van der Waals surface area contributed by atoms with Crippen molar-refractivity contribution in [1.29, 1.82) is 0 Å². The zero-order valence-electron chi connectivity index (χ0n) is 14.1. The van der Waals surface area contributed by atoms with E-state index in [1.807, 2.05) is 11.6 Å².